The number of likely N-dealkylation sites (tertiary alicyclic amines) is 1. The third kappa shape index (κ3) is 8.24. The first-order chi connectivity index (χ1) is 12.3. The summed E-state index contributed by atoms with van der Waals surface area (Å²) in [5.41, 5.74) is 2.65. The van der Waals surface area contributed by atoms with Crippen LogP contribution in [0, 0.1) is 0 Å². The standard InChI is InChI=1S/C22H38N2O/c1-3-5-7-15-23-21-13-11-20(12-14-21)18-24-16-9-10-22(19-24)25-17-8-6-4-2/h11-14,22-23H,3-10,15-19H2,1-2H3. The van der Waals surface area contributed by atoms with Gasteiger partial charge in [0.15, 0.2) is 0 Å². The van der Waals surface area contributed by atoms with Crippen LogP contribution in [-0.2, 0) is 11.3 Å². The van der Waals surface area contributed by atoms with E-state index in [1.165, 1.54) is 69.2 Å². The molecule has 0 aromatic heterocycles. The minimum absolute atomic E-state index is 0.435. The molecule has 1 fully saturated rings. The Morgan fingerprint density at radius 1 is 1.04 bits per heavy atom. The van der Waals surface area contributed by atoms with Crippen molar-refractivity contribution in [2.75, 3.05) is 31.6 Å². The minimum Gasteiger partial charge on any atom is -0.385 e. The molecule has 0 saturated carbocycles. The molecule has 0 aliphatic carbocycles. The third-order valence-corrected chi connectivity index (χ3v) is 5.03. The van der Waals surface area contributed by atoms with Crippen LogP contribution in [0.4, 0.5) is 5.69 Å². The number of hydrogen-bond donors (Lipinski definition) is 1. The first-order valence-corrected chi connectivity index (χ1v) is 10.5. The van der Waals surface area contributed by atoms with Crippen LogP contribution in [0.3, 0.4) is 0 Å². The van der Waals surface area contributed by atoms with Crippen molar-refractivity contribution >= 4 is 5.69 Å². The molecule has 0 spiro atoms. The number of benzene rings is 1. The van der Waals surface area contributed by atoms with Gasteiger partial charge in [0, 0.05) is 31.9 Å². The van der Waals surface area contributed by atoms with Crippen LogP contribution in [0.5, 0.6) is 0 Å². The molecule has 1 aliphatic heterocycles. The van der Waals surface area contributed by atoms with Crippen LogP contribution in [0.2, 0.25) is 0 Å². The summed E-state index contributed by atoms with van der Waals surface area (Å²) in [5.74, 6) is 0. The van der Waals surface area contributed by atoms with Crippen LogP contribution in [0.15, 0.2) is 24.3 Å². The van der Waals surface area contributed by atoms with E-state index in [-0.39, 0.29) is 0 Å². The van der Waals surface area contributed by atoms with Crippen molar-refractivity contribution in [2.24, 2.45) is 0 Å². The molecule has 1 aromatic carbocycles. The van der Waals surface area contributed by atoms with Crippen molar-refractivity contribution in [1.29, 1.82) is 0 Å². The zero-order valence-corrected chi connectivity index (χ0v) is 16.4. The van der Waals surface area contributed by atoms with Gasteiger partial charge in [-0.05, 0) is 49.9 Å². The van der Waals surface area contributed by atoms with E-state index in [2.05, 4.69) is 48.3 Å². The van der Waals surface area contributed by atoms with Crippen molar-refractivity contribution in [3.8, 4) is 0 Å². The Balaban J connectivity index is 1.69. The fourth-order valence-corrected chi connectivity index (χ4v) is 3.49. The molecule has 1 unspecified atom stereocenters. The topological polar surface area (TPSA) is 24.5 Å². The molecule has 2 rings (SSSR count). The first kappa shape index (κ1) is 20.3. The summed E-state index contributed by atoms with van der Waals surface area (Å²) in [6, 6.07) is 9.00. The monoisotopic (exact) mass is 346 g/mol. The van der Waals surface area contributed by atoms with Gasteiger partial charge in [0.25, 0.3) is 0 Å². The molecule has 1 N–H and O–H groups in total. The van der Waals surface area contributed by atoms with E-state index in [4.69, 9.17) is 4.74 Å². The van der Waals surface area contributed by atoms with Gasteiger partial charge < -0.3 is 10.1 Å². The number of piperidine rings is 1. The number of hydrogen-bond acceptors (Lipinski definition) is 3. The minimum atomic E-state index is 0.435. The van der Waals surface area contributed by atoms with Crippen molar-refractivity contribution in [2.45, 2.75) is 77.9 Å². The normalized spacial score (nSPS) is 18.4. The summed E-state index contributed by atoms with van der Waals surface area (Å²) < 4.78 is 6.08. The molecule has 0 radical (unpaired) electrons. The van der Waals surface area contributed by atoms with E-state index in [0.29, 0.717) is 6.10 Å². The van der Waals surface area contributed by atoms with Gasteiger partial charge in [-0.3, -0.25) is 4.90 Å². The van der Waals surface area contributed by atoms with Gasteiger partial charge in [-0.2, -0.15) is 0 Å². The van der Waals surface area contributed by atoms with Crippen LogP contribution in [0.1, 0.15) is 70.8 Å². The molecule has 0 bridgehead atoms. The summed E-state index contributed by atoms with van der Waals surface area (Å²) in [7, 11) is 0. The Kier molecular flexibility index (Phi) is 9.98. The lowest BCUT2D eigenvalue weighted by Crippen LogP contribution is -2.39. The van der Waals surface area contributed by atoms with Gasteiger partial charge in [0.1, 0.15) is 0 Å². The quantitative estimate of drug-likeness (QED) is 0.509. The molecule has 0 amide bonds. The predicted octanol–water partition coefficient (Wildman–Crippen LogP) is 5.46. The number of nitrogens with one attached hydrogen (secondary N) is 1. The van der Waals surface area contributed by atoms with Crippen LogP contribution >= 0.6 is 0 Å². The summed E-state index contributed by atoms with van der Waals surface area (Å²) in [4.78, 5) is 2.55. The summed E-state index contributed by atoms with van der Waals surface area (Å²) >= 11 is 0. The Morgan fingerprint density at radius 3 is 2.56 bits per heavy atom. The number of ether oxygens (including phenoxy) is 1. The zero-order valence-electron chi connectivity index (χ0n) is 16.4. The maximum Gasteiger partial charge on any atom is 0.0702 e. The highest BCUT2D eigenvalue weighted by Gasteiger charge is 2.20. The Bertz CT molecular complexity index is 446. The molecule has 142 valence electrons. The highest BCUT2D eigenvalue weighted by Crippen LogP contribution is 2.18. The fourth-order valence-electron chi connectivity index (χ4n) is 3.49. The van der Waals surface area contributed by atoms with E-state index in [0.717, 1.165) is 26.2 Å². The van der Waals surface area contributed by atoms with Crippen molar-refractivity contribution in [3.05, 3.63) is 29.8 Å². The molecule has 1 aromatic rings. The largest absolute Gasteiger partial charge is 0.385 e. The lowest BCUT2D eigenvalue weighted by atomic mass is 10.1. The smallest absolute Gasteiger partial charge is 0.0702 e. The first-order valence-electron chi connectivity index (χ1n) is 10.5. The molecule has 1 aliphatic rings. The third-order valence-electron chi connectivity index (χ3n) is 5.03. The Morgan fingerprint density at radius 2 is 1.80 bits per heavy atom. The van der Waals surface area contributed by atoms with E-state index in [1.807, 2.05) is 0 Å². The molecule has 25 heavy (non-hydrogen) atoms. The summed E-state index contributed by atoms with van der Waals surface area (Å²) in [6.45, 7) is 9.84. The van der Waals surface area contributed by atoms with Crippen LogP contribution in [-0.4, -0.2) is 37.2 Å². The summed E-state index contributed by atoms with van der Waals surface area (Å²) in [5, 5.41) is 3.52. The second-order valence-electron chi connectivity index (χ2n) is 7.41. The van der Waals surface area contributed by atoms with Crippen molar-refractivity contribution < 1.29 is 4.74 Å². The maximum absolute atomic E-state index is 6.08. The molecular formula is C22H38N2O. The van der Waals surface area contributed by atoms with E-state index < -0.39 is 0 Å². The maximum atomic E-state index is 6.08. The SMILES string of the molecule is CCCCCNc1ccc(CN2CCCC(OCCCCC)C2)cc1. The van der Waals surface area contributed by atoms with Gasteiger partial charge >= 0.3 is 0 Å². The molecule has 1 atom stereocenters. The van der Waals surface area contributed by atoms with Gasteiger partial charge in [0.05, 0.1) is 6.10 Å². The average molecular weight is 347 g/mol. The van der Waals surface area contributed by atoms with Gasteiger partial charge in [0.2, 0.25) is 0 Å². The number of anilines is 1. The van der Waals surface area contributed by atoms with Crippen molar-refractivity contribution in [1.82, 2.24) is 4.90 Å². The van der Waals surface area contributed by atoms with E-state index in [1.54, 1.807) is 0 Å². The highest BCUT2D eigenvalue weighted by molar-refractivity contribution is 5.44. The molecular weight excluding hydrogens is 308 g/mol. The predicted molar refractivity (Wildman–Crippen MR) is 108 cm³/mol. The second kappa shape index (κ2) is 12.3. The molecule has 3 nitrogen and oxygen atoms in total. The van der Waals surface area contributed by atoms with E-state index >= 15 is 0 Å². The fraction of sp³-hybridized carbons (Fsp3) is 0.727. The average Bonchev–Trinajstić information content (AvgIpc) is 2.64. The van der Waals surface area contributed by atoms with Crippen LogP contribution in [0.25, 0.3) is 0 Å². The Hall–Kier alpha value is -1.06. The zero-order chi connectivity index (χ0) is 17.7. The van der Waals surface area contributed by atoms with Crippen molar-refractivity contribution in [3.63, 3.8) is 0 Å². The van der Waals surface area contributed by atoms with Gasteiger partial charge in [-0.25, -0.2) is 0 Å². The molecule has 3 heteroatoms. The number of nitrogens with zero attached hydrogens (tertiary/aromatic N) is 1. The van der Waals surface area contributed by atoms with Crippen LogP contribution < -0.4 is 5.32 Å². The van der Waals surface area contributed by atoms with E-state index in [9.17, 15) is 0 Å². The second-order valence-corrected chi connectivity index (χ2v) is 7.41. The highest BCUT2D eigenvalue weighted by atomic mass is 16.5. The lowest BCUT2D eigenvalue weighted by Gasteiger charge is -2.32. The van der Waals surface area contributed by atoms with Gasteiger partial charge in [-0.1, -0.05) is 51.7 Å². The molecule has 1 saturated heterocycles. The Labute approximate surface area is 155 Å². The van der Waals surface area contributed by atoms with Gasteiger partial charge in [-0.15, -0.1) is 0 Å². The summed E-state index contributed by atoms with van der Waals surface area (Å²) in [6.07, 6.45) is 10.5. The number of rotatable bonds is 12. The molecule has 1 heterocycles. The number of unbranched alkanes of at least 4 members (excludes halogenated alkanes) is 4. The lowest BCUT2D eigenvalue weighted by molar-refractivity contribution is -0.00397.